The summed E-state index contributed by atoms with van der Waals surface area (Å²) in [6.45, 7) is 0.763. The van der Waals surface area contributed by atoms with E-state index in [1.807, 2.05) is 36.4 Å². The van der Waals surface area contributed by atoms with Gasteiger partial charge in [0.15, 0.2) is 0 Å². The summed E-state index contributed by atoms with van der Waals surface area (Å²) in [5.74, 6) is 0.597. The van der Waals surface area contributed by atoms with Crippen LogP contribution in [0.15, 0.2) is 42.6 Å². The Bertz CT molecular complexity index is 573. The van der Waals surface area contributed by atoms with Crippen molar-refractivity contribution < 1.29 is 9.47 Å². The van der Waals surface area contributed by atoms with Crippen LogP contribution in [0.5, 0.6) is 5.88 Å². The summed E-state index contributed by atoms with van der Waals surface area (Å²) < 4.78 is 11.4. The topological polar surface area (TPSA) is 44.2 Å². The molecule has 1 aliphatic rings. The molecule has 1 fully saturated rings. The molecule has 0 bridgehead atoms. The Morgan fingerprint density at radius 3 is 2.81 bits per heavy atom. The number of nitrogens with zero attached hydrogens (tertiary/aromatic N) is 2. The second-order valence-electron chi connectivity index (χ2n) is 4.93. The van der Waals surface area contributed by atoms with Crippen molar-refractivity contribution in [2.75, 3.05) is 6.61 Å². The maximum absolute atomic E-state index is 5.81. The minimum absolute atomic E-state index is 0.0467. The zero-order valence-electron chi connectivity index (χ0n) is 11.6. The quantitative estimate of drug-likeness (QED) is 0.786. The van der Waals surface area contributed by atoms with Crippen molar-refractivity contribution in [2.24, 2.45) is 0 Å². The van der Waals surface area contributed by atoms with Gasteiger partial charge in [0.2, 0.25) is 12.2 Å². The number of halogens is 1. The van der Waals surface area contributed by atoms with Crippen molar-refractivity contribution in [3.63, 3.8) is 0 Å². The summed E-state index contributed by atoms with van der Waals surface area (Å²) in [5, 5.41) is 0. The van der Waals surface area contributed by atoms with Crippen LogP contribution in [0.3, 0.4) is 0 Å². The van der Waals surface area contributed by atoms with Crippen LogP contribution in [0.2, 0.25) is 0 Å². The third-order valence-corrected chi connectivity index (χ3v) is 4.28. The molecule has 110 valence electrons. The minimum Gasteiger partial charge on any atom is -0.448 e. The highest BCUT2D eigenvalue weighted by Gasteiger charge is 2.17. The van der Waals surface area contributed by atoms with E-state index < -0.39 is 0 Å². The van der Waals surface area contributed by atoms with Crippen LogP contribution in [0.1, 0.15) is 35.5 Å². The summed E-state index contributed by atoms with van der Waals surface area (Å²) >= 11 is 3.64. The number of rotatable bonds is 4. The smallest absolute Gasteiger partial charge is 0.215 e. The number of alkyl halides is 1. The number of pyridine rings is 2. The maximum Gasteiger partial charge on any atom is 0.215 e. The molecule has 4 nitrogen and oxygen atoms in total. The van der Waals surface area contributed by atoms with Gasteiger partial charge in [-0.25, -0.2) is 4.98 Å². The summed E-state index contributed by atoms with van der Waals surface area (Å²) in [4.78, 5) is 8.86. The van der Waals surface area contributed by atoms with Gasteiger partial charge in [-0.05, 0) is 31.0 Å². The molecule has 5 heteroatoms. The Hall–Kier alpha value is -1.46. The molecule has 2 aromatic rings. The second-order valence-corrected chi connectivity index (χ2v) is 5.85. The average molecular weight is 349 g/mol. The molecule has 0 saturated carbocycles. The Kier molecular flexibility index (Phi) is 4.83. The first kappa shape index (κ1) is 14.5. The van der Waals surface area contributed by atoms with Crippen LogP contribution in [0.25, 0.3) is 0 Å². The van der Waals surface area contributed by atoms with E-state index in [0.717, 1.165) is 37.3 Å². The third kappa shape index (κ3) is 3.80. The van der Waals surface area contributed by atoms with Gasteiger partial charge in [0.25, 0.3) is 0 Å². The molecular formula is C16H17BrN2O2. The Labute approximate surface area is 132 Å². The highest BCUT2D eigenvalue weighted by Crippen LogP contribution is 2.29. The Balaban J connectivity index is 1.73. The van der Waals surface area contributed by atoms with Crippen molar-refractivity contribution in [3.8, 4) is 5.88 Å². The molecule has 0 aromatic carbocycles. The van der Waals surface area contributed by atoms with Gasteiger partial charge in [0, 0.05) is 18.7 Å². The molecule has 1 aliphatic heterocycles. The zero-order valence-corrected chi connectivity index (χ0v) is 13.2. The van der Waals surface area contributed by atoms with Gasteiger partial charge in [-0.1, -0.05) is 28.1 Å². The molecule has 2 aromatic heterocycles. The van der Waals surface area contributed by atoms with Crippen molar-refractivity contribution in [3.05, 3.63) is 54.0 Å². The van der Waals surface area contributed by atoms with E-state index in [2.05, 4.69) is 25.9 Å². The summed E-state index contributed by atoms with van der Waals surface area (Å²) in [5.41, 5.74) is 1.80. The van der Waals surface area contributed by atoms with Gasteiger partial charge >= 0.3 is 0 Å². The predicted molar refractivity (Wildman–Crippen MR) is 83.5 cm³/mol. The highest BCUT2D eigenvalue weighted by molar-refractivity contribution is 9.09. The number of aromatic nitrogens is 2. The summed E-state index contributed by atoms with van der Waals surface area (Å²) in [6.07, 6.45) is 4.77. The van der Waals surface area contributed by atoms with Gasteiger partial charge in [0.05, 0.1) is 22.8 Å². The first-order valence-electron chi connectivity index (χ1n) is 7.13. The number of hydrogen-bond acceptors (Lipinski definition) is 4. The Morgan fingerprint density at radius 1 is 1.14 bits per heavy atom. The summed E-state index contributed by atoms with van der Waals surface area (Å²) in [6, 6.07) is 11.6. The molecule has 0 aliphatic carbocycles. The van der Waals surface area contributed by atoms with Crippen LogP contribution >= 0.6 is 15.9 Å². The molecule has 1 saturated heterocycles. The molecule has 3 rings (SSSR count). The van der Waals surface area contributed by atoms with Gasteiger partial charge in [-0.3, -0.25) is 4.98 Å². The van der Waals surface area contributed by atoms with Gasteiger partial charge in [-0.15, -0.1) is 0 Å². The fraction of sp³-hybridized carbons (Fsp3) is 0.375. The van der Waals surface area contributed by atoms with E-state index >= 15 is 0 Å². The van der Waals surface area contributed by atoms with E-state index in [0.29, 0.717) is 5.88 Å². The van der Waals surface area contributed by atoms with Crippen molar-refractivity contribution in [1.29, 1.82) is 0 Å². The second kappa shape index (κ2) is 7.00. The van der Waals surface area contributed by atoms with Crippen LogP contribution in [-0.4, -0.2) is 22.9 Å². The number of hydrogen-bond donors (Lipinski definition) is 0. The predicted octanol–water partition coefficient (Wildman–Crippen LogP) is 3.87. The number of ether oxygens (including phenoxy) is 2. The third-order valence-electron chi connectivity index (χ3n) is 3.34. The van der Waals surface area contributed by atoms with Crippen molar-refractivity contribution in [1.82, 2.24) is 9.97 Å². The largest absolute Gasteiger partial charge is 0.448 e. The molecule has 0 amide bonds. The average Bonchev–Trinajstić information content (AvgIpc) is 2.56. The molecular weight excluding hydrogens is 332 g/mol. The summed E-state index contributed by atoms with van der Waals surface area (Å²) in [7, 11) is 0. The van der Waals surface area contributed by atoms with E-state index in [4.69, 9.17) is 9.47 Å². The maximum atomic E-state index is 5.81. The standard InChI is InChI=1S/C16H17BrN2O2/c17-16(12-6-1-3-10-18-12)13-7-5-8-14(19-13)21-15-9-2-4-11-20-15/h1,3,5-8,10,15-16H,2,4,9,11H2. The normalized spacial score (nSPS) is 20.0. The van der Waals surface area contributed by atoms with E-state index in [9.17, 15) is 0 Å². The highest BCUT2D eigenvalue weighted by atomic mass is 79.9. The molecule has 2 unspecified atom stereocenters. The fourth-order valence-corrected chi connectivity index (χ4v) is 2.78. The minimum atomic E-state index is -0.176. The van der Waals surface area contributed by atoms with E-state index in [-0.39, 0.29) is 11.1 Å². The molecule has 0 N–H and O–H groups in total. The van der Waals surface area contributed by atoms with Crippen LogP contribution in [0, 0.1) is 0 Å². The van der Waals surface area contributed by atoms with Crippen LogP contribution < -0.4 is 4.74 Å². The van der Waals surface area contributed by atoms with Crippen LogP contribution in [0.4, 0.5) is 0 Å². The lowest BCUT2D eigenvalue weighted by Crippen LogP contribution is -2.25. The first-order chi connectivity index (χ1) is 10.3. The molecule has 2 atom stereocenters. The monoisotopic (exact) mass is 348 g/mol. The van der Waals surface area contributed by atoms with Crippen LogP contribution in [-0.2, 0) is 4.74 Å². The Morgan fingerprint density at radius 2 is 2.05 bits per heavy atom. The molecule has 0 spiro atoms. The van der Waals surface area contributed by atoms with Gasteiger partial charge in [-0.2, -0.15) is 0 Å². The zero-order chi connectivity index (χ0) is 14.5. The molecule has 21 heavy (non-hydrogen) atoms. The van der Waals surface area contributed by atoms with Gasteiger partial charge < -0.3 is 9.47 Å². The van der Waals surface area contributed by atoms with Crippen molar-refractivity contribution in [2.45, 2.75) is 30.4 Å². The molecule has 0 radical (unpaired) electrons. The fourth-order valence-electron chi connectivity index (χ4n) is 2.25. The van der Waals surface area contributed by atoms with E-state index in [1.165, 1.54) is 0 Å². The SMILES string of the molecule is BrC(c1ccccn1)c1cccc(OC2CCCCO2)n1. The van der Waals surface area contributed by atoms with Crippen molar-refractivity contribution >= 4 is 15.9 Å². The first-order valence-corrected chi connectivity index (χ1v) is 8.05. The lowest BCUT2D eigenvalue weighted by molar-refractivity contribution is -0.107. The molecule has 3 heterocycles. The lowest BCUT2D eigenvalue weighted by atomic mass is 10.2. The lowest BCUT2D eigenvalue weighted by Gasteiger charge is -2.23. The van der Waals surface area contributed by atoms with E-state index in [1.54, 1.807) is 6.20 Å². The van der Waals surface area contributed by atoms with Gasteiger partial charge in [0.1, 0.15) is 0 Å².